The van der Waals surface area contributed by atoms with E-state index in [0.717, 1.165) is 11.5 Å². The van der Waals surface area contributed by atoms with E-state index in [1.165, 1.54) is 0 Å². The van der Waals surface area contributed by atoms with E-state index in [1.807, 2.05) is 13.0 Å². The summed E-state index contributed by atoms with van der Waals surface area (Å²) >= 11 is 5.55. The minimum Gasteiger partial charge on any atom is -0.327 e. The van der Waals surface area contributed by atoms with E-state index in [-0.39, 0.29) is 0 Å². The molecule has 0 saturated heterocycles. The lowest BCUT2D eigenvalue weighted by atomic mass is 10.4. The van der Waals surface area contributed by atoms with Gasteiger partial charge in [-0.3, -0.25) is 0 Å². The third kappa shape index (κ3) is 3.83. The van der Waals surface area contributed by atoms with Gasteiger partial charge in [0.25, 0.3) is 0 Å². The molecule has 0 unspecified atom stereocenters. The Morgan fingerprint density at radius 2 is 2.43 bits per heavy atom. The van der Waals surface area contributed by atoms with E-state index in [1.54, 1.807) is 0 Å². The van der Waals surface area contributed by atoms with Crippen LogP contribution < -0.4 is 5.73 Å². The molecule has 0 saturated carbocycles. The first-order valence-electron chi connectivity index (χ1n) is 2.35. The van der Waals surface area contributed by atoms with Crippen molar-refractivity contribution in [3.05, 3.63) is 11.1 Å². The molecule has 0 aromatic rings. The summed E-state index contributed by atoms with van der Waals surface area (Å²) in [4.78, 5) is 0. The van der Waals surface area contributed by atoms with Crippen molar-refractivity contribution in [3.63, 3.8) is 0 Å². The Hall–Kier alpha value is -0.0100. The topological polar surface area (TPSA) is 26.0 Å². The van der Waals surface area contributed by atoms with Gasteiger partial charge in [0.1, 0.15) is 0 Å². The molecule has 2 N–H and O–H groups in total. The van der Waals surface area contributed by atoms with Crippen LogP contribution in [0.2, 0.25) is 0 Å². The lowest BCUT2D eigenvalue weighted by Crippen LogP contribution is -1.93. The van der Waals surface area contributed by atoms with Crippen LogP contribution in [0.25, 0.3) is 0 Å². The molecule has 0 radical (unpaired) electrons. The van der Waals surface area contributed by atoms with Crippen molar-refractivity contribution in [2.24, 2.45) is 5.73 Å². The fourth-order valence-electron chi connectivity index (χ4n) is 0.272. The summed E-state index contributed by atoms with van der Waals surface area (Å²) in [5.74, 6) is 0. The van der Waals surface area contributed by atoms with Gasteiger partial charge in [-0.25, -0.2) is 0 Å². The van der Waals surface area contributed by atoms with Gasteiger partial charge in [-0.1, -0.05) is 24.6 Å². The highest BCUT2D eigenvalue weighted by Crippen LogP contribution is 2.02. The van der Waals surface area contributed by atoms with Crippen molar-refractivity contribution in [2.45, 2.75) is 13.3 Å². The van der Waals surface area contributed by atoms with Crippen LogP contribution in [-0.2, 0) is 0 Å². The van der Waals surface area contributed by atoms with Crippen molar-refractivity contribution in [1.82, 2.24) is 0 Å². The molecule has 0 aromatic carbocycles. The summed E-state index contributed by atoms with van der Waals surface area (Å²) in [7, 11) is 0. The van der Waals surface area contributed by atoms with Gasteiger partial charge < -0.3 is 5.73 Å². The standard InChI is InChI=1S/C5H10ClN/c1-2-5(6)3-4-7/h3H,2,4,7H2,1H3. The van der Waals surface area contributed by atoms with Gasteiger partial charge >= 0.3 is 0 Å². The zero-order valence-corrected chi connectivity index (χ0v) is 5.20. The van der Waals surface area contributed by atoms with Crippen LogP contribution >= 0.6 is 11.6 Å². The summed E-state index contributed by atoms with van der Waals surface area (Å²) in [5, 5.41) is 0.850. The number of nitrogens with two attached hydrogens (primary N) is 1. The van der Waals surface area contributed by atoms with Gasteiger partial charge in [-0.15, -0.1) is 0 Å². The molecule has 0 aliphatic rings. The van der Waals surface area contributed by atoms with Crippen LogP contribution in [0.1, 0.15) is 13.3 Å². The molecule has 0 heterocycles. The molecule has 0 fully saturated rings. The van der Waals surface area contributed by atoms with Crippen LogP contribution in [0.15, 0.2) is 11.1 Å². The molecule has 7 heavy (non-hydrogen) atoms. The second-order valence-corrected chi connectivity index (χ2v) is 1.73. The Labute approximate surface area is 49.2 Å². The molecule has 0 atom stereocenters. The van der Waals surface area contributed by atoms with Crippen molar-refractivity contribution >= 4 is 11.6 Å². The van der Waals surface area contributed by atoms with Crippen molar-refractivity contribution < 1.29 is 0 Å². The monoisotopic (exact) mass is 119 g/mol. The molecule has 1 nitrogen and oxygen atoms in total. The second kappa shape index (κ2) is 4.16. The second-order valence-electron chi connectivity index (χ2n) is 1.24. The predicted octanol–water partition coefficient (Wildman–Crippen LogP) is 1.48. The van der Waals surface area contributed by atoms with E-state index in [4.69, 9.17) is 17.3 Å². The maximum Gasteiger partial charge on any atom is 0.0151 e. The Balaban J connectivity index is 3.29. The molecule has 0 amide bonds. The number of allylic oxidation sites excluding steroid dienone is 1. The smallest absolute Gasteiger partial charge is 0.0151 e. The Bertz CT molecular complexity index is 68.5. The average Bonchev–Trinajstić information content (AvgIpc) is 1.68. The maximum absolute atomic E-state index is 5.55. The number of halogens is 1. The van der Waals surface area contributed by atoms with E-state index in [0.29, 0.717) is 6.54 Å². The molecule has 0 spiro atoms. The summed E-state index contributed by atoms with van der Waals surface area (Å²) < 4.78 is 0. The first-order chi connectivity index (χ1) is 3.31. The normalized spacial score (nSPS) is 12.1. The third-order valence-corrected chi connectivity index (χ3v) is 1.10. The van der Waals surface area contributed by atoms with Gasteiger partial charge in [-0.05, 0) is 6.42 Å². The molecule has 2 heteroatoms. The number of rotatable bonds is 2. The van der Waals surface area contributed by atoms with Crippen LogP contribution in [0.5, 0.6) is 0 Å². The van der Waals surface area contributed by atoms with Crippen molar-refractivity contribution in [1.29, 1.82) is 0 Å². The molecule has 0 rings (SSSR count). The maximum atomic E-state index is 5.55. The zero-order valence-electron chi connectivity index (χ0n) is 4.45. The third-order valence-electron chi connectivity index (χ3n) is 0.677. The van der Waals surface area contributed by atoms with E-state index >= 15 is 0 Å². The molecule has 0 aliphatic heterocycles. The highest BCUT2D eigenvalue weighted by atomic mass is 35.5. The van der Waals surface area contributed by atoms with E-state index < -0.39 is 0 Å². The number of hydrogen-bond acceptors (Lipinski definition) is 1. The molecule has 0 bridgehead atoms. The Morgan fingerprint density at radius 1 is 1.86 bits per heavy atom. The molecular formula is C5H10ClN. The Morgan fingerprint density at radius 3 is 2.57 bits per heavy atom. The number of hydrogen-bond donors (Lipinski definition) is 1. The van der Waals surface area contributed by atoms with E-state index in [9.17, 15) is 0 Å². The minimum atomic E-state index is 0.548. The fourth-order valence-corrected chi connectivity index (χ4v) is 0.361. The summed E-state index contributed by atoms with van der Waals surface area (Å²) in [6.07, 6.45) is 2.69. The Kier molecular flexibility index (Phi) is 4.15. The van der Waals surface area contributed by atoms with Crippen LogP contribution in [0, 0.1) is 0 Å². The quantitative estimate of drug-likeness (QED) is 0.586. The first-order valence-corrected chi connectivity index (χ1v) is 2.73. The molecule has 42 valence electrons. The minimum absolute atomic E-state index is 0.548. The first kappa shape index (κ1) is 6.99. The van der Waals surface area contributed by atoms with Crippen LogP contribution in [0.3, 0.4) is 0 Å². The van der Waals surface area contributed by atoms with Gasteiger partial charge in [-0.2, -0.15) is 0 Å². The highest BCUT2D eigenvalue weighted by Gasteiger charge is 1.80. The fraction of sp³-hybridized carbons (Fsp3) is 0.600. The molecule has 0 aromatic heterocycles. The van der Waals surface area contributed by atoms with Crippen molar-refractivity contribution in [2.75, 3.05) is 6.54 Å². The zero-order chi connectivity index (χ0) is 5.70. The van der Waals surface area contributed by atoms with Crippen molar-refractivity contribution in [3.8, 4) is 0 Å². The lowest BCUT2D eigenvalue weighted by molar-refractivity contribution is 1.15. The van der Waals surface area contributed by atoms with E-state index in [2.05, 4.69) is 0 Å². The van der Waals surface area contributed by atoms with Crippen LogP contribution in [0.4, 0.5) is 0 Å². The molecule has 0 aliphatic carbocycles. The molecular weight excluding hydrogens is 110 g/mol. The largest absolute Gasteiger partial charge is 0.327 e. The SMILES string of the molecule is CCC(Cl)=CCN. The summed E-state index contributed by atoms with van der Waals surface area (Å²) in [6.45, 7) is 2.54. The lowest BCUT2D eigenvalue weighted by Gasteiger charge is -1.85. The highest BCUT2D eigenvalue weighted by molar-refractivity contribution is 6.29. The summed E-state index contributed by atoms with van der Waals surface area (Å²) in [6, 6.07) is 0. The van der Waals surface area contributed by atoms with Gasteiger partial charge in [0.2, 0.25) is 0 Å². The van der Waals surface area contributed by atoms with Gasteiger partial charge in [0.15, 0.2) is 0 Å². The van der Waals surface area contributed by atoms with Crippen LogP contribution in [-0.4, -0.2) is 6.54 Å². The predicted molar refractivity (Wildman–Crippen MR) is 33.3 cm³/mol. The summed E-state index contributed by atoms with van der Waals surface area (Å²) in [5.41, 5.74) is 5.14. The van der Waals surface area contributed by atoms with Gasteiger partial charge in [0.05, 0.1) is 0 Å². The van der Waals surface area contributed by atoms with Gasteiger partial charge in [0, 0.05) is 11.6 Å². The average molecular weight is 120 g/mol.